The van der Waals surface area contributed by atoms with Gasteiger partial charge in [0.15, 0.2) is 5.82 Å². The number of ether oxygens (including phenoxy) is 1. The number of thiophene rings is 1. The fourth-order valence-corrected chi connectivity index (χ4v) is 9.28. The maximum Gasteiger partial charge on any atom is 0.417 e. The number of fused-ring (bicyclic) bond motifs is 3. The molecule has 6 heterocycles. The molecule has 4 atom stereocenters. The number of nitrogens with zero attached hydrogens (tertiary/aromatic N) is 6. The Kier molecular flexibility index (Phi) is 12.5. The fourth-order valence-electron chi connectivity index (χ4n) is 7.44. The number of amides is 1. The van der Waals surface area contributed by atoms with Gasteiger partial charge in [-0.3, -0.25) is 9.69 Å². The van der Waals surface area contributed by atoms with Crippen molar-refractivity contribution in [2.45, 2.75) is 73.6 Å². The molecule has 3 fully saturated rings. The minimum absolute atomic E-state index is 0.0529. The third kappa shape index (κ3) is 8.37. The lowest BCUT2D eigenvalue weighted by Crippen LogP contribution is -2.26. The molecule has 55 heavy (non-hydrogen) atoms. The summed E-state index contributed by atoms with van der Waals surface area (Å²) in [6.07, 6.45) is 0.158. The van der Waals surface area contributed by atoms with Crippen LogP contribution in [0.1, 0.15) is 65.7 Å². The minimum atomic E-state index is -4.98. The van der Waals surface area contributed by atoms with E-state index >= 15 is 4.39 Å². The van der Waals surface area contributed by atoms with Crippen molar-refractivity contribution in [2.75, 3.05) is 51.8 Å². The number of likely N-dealkylation sites (tertiary alicyclic amines) is 1. The number of carbonyl (C=O) groups excluding carboxylic acids is 1. The number of benzene rings is 2. The van der Waals surface area contributed by atoms with Gasteiger partial charge in [-0.05, 0) is 80.3 Å². The van der Waals surface area contributed by atoms with Gasteiger partial charge in [0.1, 0.15) is 23.3 Å². The Morgan fingerprint density at radius 1 is 1.15 bits per heavy atom. The normalized spacial score (nSPS) is 21.7. The number of thioether (sulfide) groups is 1. The number of aromatic nitrogens is 2. The molecule has 3 saturated heterocycles. The van der Waals surface area contributed by atoms with Gasteiger partial charge in [-0.25, -0.2) is 13.2 Å². The molecule has 4 aliphatic heterocycles. The number of alkyl halides is 4. The van der Waals surface area contributed by atoms with E-state index in [1.165, 1.54) is 36.2 Å². The van der Waals surface area contributed by atoms with Gasteiger partial charge in [-0.2, -0.15) is 28.4 Å². The zero-order chi connectivity index (χ0) is 39.6. The van der Waals surface area contributed by atoms with Crippen molar-refractivity contribution in [3.8, 4) is 23.2 Å². The van der Waals surface area contributed by atoms with E-state index in [1.54, 1.807) is 14.0 Å². The second-order valence-electron chi connectivity index (χ2n) is 13.7. The zero-order valence-electron chi connectivity index (χ0n) is 30.5. The smallest absolute Gasteiger partial charge is 0.417 e. The van der Waals surface area contributed by atoms with Crippen molar-refractivity contribution in [2.24, 2.45) is 5.73 Å². The first-order valence-corrected chi connectivity index (χ1v) is 19.7. The molecule has 17 heteroatoms. The summed E-state index contributed by atoms with van der Waals surface area (Å²) in [6, 6.07) is 8.85. The molecule has 2 N–H and O–H groups in total. The van der Waals surface area contributed by atoms with Gasteiger partial charge in [-0.15, -0.1) is 23.1 Å². The van der Waals surface area contributed by atoms with Crippen LogP contribution in [-0.2, 0) is 6.18 Å². The second-order valence-corrected chi connectivity index (χ2v) is 15.8. The van der Waals surface area contributed by atoms with Gasteiger partial charge < -0.3 is 20.3 Å². The number of nitriles is 1. The number of anilines is 1. The maximum atomic E-state index is 16.0. The van der Waals surface area contributed by atoms with Gasteiger partial charge in [0.2, 0.25) is 0 Å². The van der Waals surface area contributed by atoms with E-state index in [9.17, 15) is 32.0 Å². The van der Waals surface area contributed by atoms with Crippen LogP contribution in [0.2, 0.25) is 0 Å². The summed E-state index contributed by atoms with van der Waals surface area (Å²) in [4.78, 5) is 26.3. The van der Waals surface area contributed by atoms with Crippen molar-refractivity contribution >= 4 is 45.7 Å². The predicted octanol–water partition coefficient (Wildman–Crippen LogP) is 8.23. The van der Waals surface area contributed by atoms with E-state index < -0.39 is 51.9 Å². The third-order valence-corrected chi connectivity index (χ3v) is 12.3. The molecule has 0 aliphatic carbocycles. The van der Waals surface area contributed by atoms with Crippen LogP contribution in [0.4, 0.5) is 32.2 Å². The molecule has 1 amide bonds. The first-order valence-electron chi connectivity index (χ1n) is 18.0. The molecule has 4 unspecified atom stereocenters. The molecule has 0 spiro atoms. The SMILES string of the molecule is CCN(C)c1nc(OC)nc2c(F)c(-c3ccc(F)c4c3C(C#N)C(N)S4)c(C(F)(F)F)cc12.FC1CC2CCCN2C1.O=C(c1cccs1)N1CCCC1. The number of rotatable bonds is 5. The Hall–Kier alpha value is -4.11. The van der Waals surface area contributed by atoms with Crippen molar-refractivity contribution in [1.29, 1.82) is 5.26 Å². The highest BCUT2D eigenvalue weighted by Gasteiger charge is 2.42. The van der Waals surface area contributed by atoms with Crippen LogP contribution in [0, 0.1) is 23.0 Å². The Bertz CT molecular complexity index is 2040. The Morgan fingerprint density at radius 3 is 2.51 bits per heavy atom. The van der Waals surface area contributed by atoms with Crippen molar-refractivity contribution in [1.82, 2.24) is 19.8 Å². The molecule has 8 rings (SSSR count). The summed E-state index contributed by atoms with van der Waals surface area (Å²) in [5.41, 5.74) is 3.06. The molecular formula is C38H41F6N7O2S2. The van der Waals surface area contributed by atoms with Crippen LogP contribution in [0.3, 0.4) is 0 Å². The largest absolute Gasteiger partial charge is 0.467 e. The van der Waals surface area contributed by atoms with E-state index in [0.717, 1.165) is 73.7 Å². The molecule has 2 aromatic carbocycles. The standard InChI is InChI=1S/C22H18F5N5OS.C9H11NOS.C7H12FN/c1-4-32(2)20-10-7-12(22(25,26)27)15(16(24)17(10)30-21(31-20)33-3)9-5-6-13(23)18-14(9)11(8-28)19(29)34-18;11-9(8-4-3-7-12-8)10-5-1-2-6-10;8-6-4-7-2-1-3-9(7)5-6/h5-7,11,19H,4,29H2,1-3H3;3-4,7H,1-2,5-6H2;6-7H,1-5H2. The van der Waals surface area contributed by atoms with Gasteiger partial charge in [0.05, 0.1) is 34.9 Å². The van der Waals surface area contributed by atoms with Gasteiger partial charge >= 0.3 is 12.2 Å². The van der Waals surface area contributed by atoms with E-state index in [-0.39, 0.29) is 39.1 Å². The summed E-state index contributed by atoms with van der Waals surface area (Å²) in [6.45, 7) is 5.86. The van der Waals surface area contributed by atoms with E-state index in [4.69, 9.17) is 10.5 Å². The first kappa shape index (κ1) is 40.6. The average molecular weight is 806 g/mol. The highest BCUT2D eigenvalue weighted by Crippen LogP contribution is 2.52. The van der Waals surface area contributed by atoms with Gasteiger partial charge in [0.25, 0.3) is 5.91 Å². The van der Waals surface area contributed by atoms with E-state index in [0.29, 0.717) is 19.1 Å². The molecule has 0 saturated carbocycles. The average Bonchev–Trinajstić information content (AvgIpc) is 4.01. The topological polar surface area (TPSA) is 112 Å². The Morgan fingerprint density at radius 2 is 1.89 bits per heavy atom. The lowest BCUT2D eigenvalue weighted by Gasteiger charge is -2.22. The molecule has 4 aromatic rings. The predicted molar refractivity (Wildman–Crippen MR) is 201 cm³/mol. The quantitative estimate of drug-likeness (QED) is 0.200. The molecule has 9 nitrogen and oxygen atoms in total. The number of hydrogen-bond donors (Lipinski definition) is 1. The molecule has 2 aromatic heterocycles. The molecular weight excluding hydrogens is 765 g/mol. The van der Waals surface area contributed by atoms with Crippen molar-refractivity contribution < 1.29 is 35.9 Å². The van der Waals surface area contributed by atoms with Crippen molar-refractivity contribution in [3.05, 3.63) is 63.4 Å². The second kappa shape index (κ2) is 16.9. The highest BCUT2D eigenvalue weighted by molar-refractivity contribution is 8.00. The summed E-state index contributed by atoms with van der Waals surface area (Å²) in [7, 11) is 2.84. The fraction of sp³-hybridized carbons (Fsp3) is 0.474. The molecule has 4 aliphatic rings. The summed E-state index contributed by atoms with van der Waals surface area (Å²) >= 11 is 2.35. The monoisotopic (exact) mass is 805 g/mol. The first-order chi connectivity index (χ1) is 26.3. The van der Waals surface area contributed by atoms with E-state index in [1.807, 2.05) is 28.5 Å². The summed E-state index contributed by atoms with van der Waals surface area (Å²) in [5.74, 6) is -2.90. The molecule has 0 bridgehead atoms. The van der Waals surface area contributed by atoms with Crippen LogP contribution < -0.4 is 15.4 Å². The summed E-state index contributed by atoms with van der Waals surface area (Å²) < 4.78 is 91.0. The van der Waals surface area contributed by atoms with E-state index in [2.05, 4.69) is 14.9 Å². The number of nitrogens with two attached hydrogens (primary N) is 1. The lowest BCUT2D eigenvalue weighted by atomic mass is 9.87. The van der Waals surface area contributed by atoms with Crippen LogP contribution in [0.5, 0.6) is 6.01 Å². The number of methoxy groups -OCH3 is 1. The molecule has 294 valence electrons. The number of carbonyl (C=O) groups is 1. The maximum absolute atomic E-state index is 16.0. The number of halogens is 6. The zero-order valence-corrected chi connectivity index (χ0v) is 32.1. The van der Waals surface area contributed by atoms with Gasteiger partial charge in [0, 0.05) is 55.1 Å². The van der Waals surface area contributed by atoms with Crippen LogP contribution >= 0.6 is 23.1 Å². The summed E-state index contributed by atoms with van der Waals surface area (Å²) in [5, 5.41) is 10.4. The number of hydrogen-bond acceptors (Lipinski definition) is 10. The van der Waals surface area contributed by atoms with Crippen molar-refractivity contribution in [3.63, 3.8) is 0 Å². The lowest BCUT2D eigenvalue weighted by molar-refractivity contribution is -0.137. The van der Waals surface area contributed by atoms with Crippen LogP contribution in [-0.4, -0.2) is 90.1 Å². The van der Waals surface area contributed by atoms with Crippen LogP contribution in [0.15, 0.2) is 40.6 Å². The molecule has 0 radical (unpaired) electrons. The Balaban J connectivity index is 0.000000196. The third-order valence-electron chi connectivity index (χ3n) is 10.2. The minimum Gasteiger partial charge on any atom is -0.467 e. The Labute approximate surface area is 323 Å². The highest BCUT2D eigenvalue weighted by atomic mass is 32.2. The van der Waals surface area contributed by atoms with Crippen LogP contribution in [0.25, 0.3) is 22.0 Å². The van der Waals surface area contributed by atoms with Gasteiger partial charge in [-0.1, -0.05) is 12.1 Å².